The van der Waals surface area contributed by atoms with Crippen LogP contribution in [0.3, 0.4) is 0 Å². The highest BCUT2D eigenvalue weighted by atomic mass is 16.5. The summed E-state index contributed by atoms with van der Waals surface area (Å²) in [7, 11) is 1.00. The largest absolute Gasteiger partial charge is 0.507 e. The number of aliphatic hydroxyl groups excluding tert-OH is 1. The normalized spacial score (nSPS) is 19.1. The van der Waals surface area contributed by atoms with E-state index in [1.165, 1.54) is 6.42 Å². The Bertz CT molecular complexity index is 624. The highest BCUT2D eigenvalue weighted by molar-refractivity contribution is 5.94. The van der Waals surface area contributed by atoms with Crippen LogP contribution in [0.15, 0.2) is 6.07 Å². The molecule has 3 N–H and O–H groups in total. The number of aliphatic hydroxyl groups is 1. The summed E-state index contributed by atoms with van der Waals surface area (Å²) in [6, 6.07) is 1.88. The molecule has 1 aromatic carbocycles. The summed E-state index contributed by atoms with van der Waals surface area (Å²) >= 11 is 0. The Morgan fingerprint density at radius 3 is 2.46 bits per heavy atom. The summed E-state index contributed by atoms with van der Waals surface area (Å²) in [4.78, 5) is 11.9. The van der Waals surface area contributed by atoms with Crippen molar-refractivity contribution in [3.05, 3.63) is 22.8 Å². The number of aryl methyl sites for hydroxylation is 1. The van der Waals surface area contributed by atoms with Crippen LogP contribution in [0.1, 0.15) is 100 Å². The Hall–Kier alpha value is -1.75. The predicted octanol–water partition coefficient (Wildman–Crippen LogP) is 5.51. The van der Waals surface area contributed by atoms with Gasteiger partial charge >= 0.3 is 5.97 Å². The van der Waals surface area contributed by atoms with Gasteiger partial charge in [0.1, 0.15) is 17.1 Å². The Labute approximate surface area is 169 Å². The van der Waals surface area contributed by atoms with Gasteiger partial charge in [-0.2, -0.15) is 0 Å². The van der Waals surface area contributed by atoms with Crippen LogP contribution in [-0.2, 0) is 6.42 Å². The number of rotatable bonds is 8. The van der Waals surface area contributed by atoms with E-state index >= 15 is 0 Å². The van der Waals surface area contributed by atoms with Gasteiger partial charge < -0.3 is 20.1 Å². The quantitative estimate of drug-likeness (QED) is 0.506. The molecule has 0 amide bonds. The summed E-state index contributed by atoms with van der Waals surface area (Å²) in [5.74, 6) is 0.303. The smallest absolute Gasteiger partial charge is 0.339 e. The van der Waals surface area contributed by atoms with Gasteiger partial charge in [0.25, 0.3) is 0 Å². The van der Waals surface area contributed by atoms with E-state index in [-0.39, 0.29) is 23.3 Å². The molecule has 2 atom stereocenters. The molecular weight excluding hydrogens is 356 g/mol. The molecule has 0 spiro atoms. The Kier molecular flexibility index (Phi) is 10.4. The van der Waals surface area contributed by atoms with Crippen molar-refractivity contribution in [2.45, 2.75) is 91.1 Å². The van der Waals surface area contributed by atoms with Gasteiger partial charge in [0.2, 0.25) is 0 Å². The second-order valence-electron chi connectivity index (χ2n) is 8.07. The topological polar surface area (TPSA) is 87.0 Å². The molecular formula is C23H38O5. The van der Waals surface area contributed by atoms with E-state index in [0.29, 0.717) is 29.2 Å². The van der Waals surface area contributed by atoms with E-state index in [2.05, 4.69) is 13.8 Å². The van der Waals surface area contributed by atoms with Gasteiger partial charge in [-0.05, 0) is 63.0 Å². The predicted molar refractivity (Wildman–Crippen MR) is 113 cm³/mol. The first-order chi connectivity index (χ1) is 13.3. The minimum atomic E-state index is -1.05. The molecule has 1 aliphatic carbocycles. The fraction of sp³-hybridized carbons (Fsp3) is 0.696. The first-order valence-electron chi connectivity index (χ1n) is 10.6. The van der Waals surface area contributed by atoms with Crippen molar-refractivity contribution in [1.29, 1.82) is 0 Å². The maximum atomic E-state index is 11.9. The van der Waals surface area contributed by atoms with E-state index in [1.807, 2.05) is 19.9 Å². The zero-order valence-electron chi connectivity index (χ0n) is 18.1. The molecule has 5 nitrogen and oxygen atoms in total. The van der Waals surface area contributed by atoms with Crippen molar-refractivity contribution in [2.75, 3.05) is 7.11 Å². The molecule has 1 aliphatic rings. The number of carbonyl (C=O) groups is 1. The molecule has 0 aromatic heterocycles. The van der Waals surface area contributed by atoms with Crippen LogP contribution >= 0.6 is 0 Å². The van der Waals surface area contributed by atoms with Gasteiger partial charge in [-0.25, -0.2) is 4.79 Å². The van der Waals surface area contributed by atoms with Crippen LogP contribution in [0.4, 0.5) is 0 Å². The minimum absolute atomic E-state index is 0.0201. The second kappa shape index (κ2) is 11.9. The number of hydrogen-bond donors (Lipinski definition) is 3. The second-order valence-corrected chi connectivity index (χ2v) is 8.07. The van der Waals surface area contributed by atoms with Crippen molar-refractivity contribution in [3.8, 4) is 11.5 Å². The Morgan fingerprint density at radius 2 is 1.93 bits per heavy atom. The van der Waals surface area contributed by atoms with E-state index in [9.17, 15) is 15.0 Å². The van der Waals surface area contributed by atoms with Gasteiger partial charge in [0, 0.05) is 12.7 Å². The molecule has 0 radical (unpaired) electrons. The van der Waals surface area contributed by atoms with Crippen molar-refractivity contribution in [2.24, 2.45) is 5.92 Å². The highest BCUT2D eigenvalue weighted by Gasteiger charge is 2.30. The lowest BCUT2D eigenvalue weighted by Crippen LogP contribution is -2.17. The van der Waals surface area contributed by atoms with E-state index in [4.69, 9.17) is 9.84 Å². The average Bonchev–Trinajstić information content (AvgIpc) is 2.62. The fourth-order valence-corrected chi connectivity index (χ4v) is 4.16. The monoisotopic (exact) mass is 394 g/mol. The lowest BCUT2D eigenvalue weighted by molar-refractivity contribution is 0.0692. The lowest BCUT2D eigenvalue weighted by atomic mass is 9.77. The van der Waals surface area contributed by atoms with Gasteiger partial charge in [-0.15, -0.1) is 0 Å². The number of hydrogen-bond acceptors (Lipinski definition) is 4. The number of benzene rings is 1. The maximum Gasteiger partial charge on any atom is 0.339 e. The van der Waals surface area contributed by atoms with Gasteiger partial charge in [-0.1, -0.05) is 39.5 Å². The summed E-state index contributed by atoms with van der Waals surface area (Å²) in [6.45, 7) is 8.28. The molecule has 1 saturated carbocycles. The third-order valence-corrected chi connectivity index (χ3v) is 5.35. The zero-order valence-corrected chi connectivity index (χ0v) is 18.1. The van der Waals surface area contributed by atoms with Gasteiger partial charge in [-0.3, -0.25) is 0 Å². The van der Waals surface area contributed by atoms with Crippen LogP contribution in [0.2, 0.25) is 0 Å². The molecule has 0 bridgehead atoms. The van der Waals surface area contributed by atoms with Crippen LogP contribution in [0.5, 0.6) is 11.5 Å². The number of aromatic hydroxyl groups is 1. The van der Waals surface area contributed by atoms with Crippen LogP contribution in [-0.4, -0.2) is 34.5 Å². The highest BCUT2D eigenvalue weighted by Crippen LogP contribution is 2.46. The number of ether oxygens (including phenoxy) is 1. The van der Waals surface area contributed by atoms with Gasteiger partial charge in [0.15, 0.2) is 0 Å². The first kappa shape index (κ1) is 24.3. The van der Waals surface area contributed by atoms with E-state index in [0.717, 1.165) is 45.6 Å². The standard InChI is InChI=1S/C22H34O4.CH4O/c1-5-6-7-10-17-13-18(26-14(2)3)19(21(23)20(17)22(24)25)16-11-8-9-15(4)12-16;1-2/h13-16,23H,5-12H2,1-4H3,(H,24,25);2H,1H3. The van der Waals surface area contributed by atoms with Gasteiger partial charge in [0.05, 0.1) is 6.10 Å². The number of carboxylic acids is 1. The number of phenols is 1. The zero-order chi connectivity index (χ0) is 21.3. The van der Waals surface area contributed by atoms with E-state index in [1.54, 1.807) is 0 Å². The van der Waals surface area contributed by atoms with Crippen LogP contribution in [0, 0.1) is 5.92 Å². The summed E-state index contributed by atoms with van der Waals surface area (Å²) in [5, 5.41) is 27.7. The number of carboxylic acid groups (broad SMARTS) is 1. The Balaban J connectivity index is 0.00000190. The molecule has 1 fully saturated rings. The maximum absolute atomic E-state index is 11.9. The summed E-state index contributed by atoms with van der Waals surface area (Å²) in [5.41, 5.74) is 1.47. The van der Waals surface area contributed by atoms with Crippen LogP contribution in [0.25, 0.3) is 0 Å². The van der Waals surface area contributed by atoms with E-state index < -0.39 is 5.97 Å². The molecule has 0 saturated heterocycles. The van der Waals surface area contributed by atoms with Crippen LogP contribution < -0.4 is 4.74 Å². The minimum Gasteiger partial charge on any atom is -0.507 e. The van der Waals surface area contributed by atoms with Crippen molar-refractivity contribution in [1.82, 2.24) is 0 Å². The average molecular weight is 395 g/mol. The molecule has 160 valence electrons. The van der Waals surface area contributed by atoms with Crippen molar-refractivity contribution < 1.29 is 24.9 Å². The molecule has 0 aliphatic heterocycles. The number of aromatic carboxylic acids is 1. The molecule has 2 unspecified atom stereocenters. The van der Waals surface area contributed by atoms with Crippen molar-refractivity contribution >= 4 is 5.97 Å². The Morgan fingerprint density at radius 1 is 1.25 bits per heavy atom. The third-order valence-electron chi connectivity index (χ3n) is 5.35. The first-order valence-corrected chi connectivity index (χ1v) is 10.6. The SMILES string of the molecule is CCCCCc1cc(OC(C)C)c(C2CCCC(C)C2)c(O)c1C(=O)O.CO. The molecule has 0 heterocycles. The molecule has 1 aromatic rings. The fourth-order valence-electron chi connectivity index (χ4n) is 4.16. The molecule has 28 heavy (non-hydrogen) atoms. The summed E-state index contributed by atoms with van der Waals surface area (Å²) in [6.07, 6.45) is 7.90. The summed E-state index contributed by atoms with van der Waals surface area (Å²) < 4.78 is 6.04. The third kappa shape index (κ3) is 6.40. The molecule has 5 heteroatoms. The lowest BCUT2D eigenvalue weighted by Gasteiger charge is -2.30. The molecule has 2 rings (SSSR count). The number of unbranched alkanes of at least 4 members (excludes halogenated alkanes) is 2. The van der Waals surface area contributed by atoms with Crippen molar-refractivity contribution in [3.63, 3.8) is 0 Å².